The van der Waals surface area contributed by atoms with Crippen molar-refractivity contribution in [1.29, 1.82) is 0 Å². The Hall–Kier alpha value is -1.87. The predicted octanol–water partition coefficient (Wildman–Crippen LogP) is 7.67. The van der Waals surface area contributed by atoms with Gasteiger partial charge >= 0.3 is 11.9 Å². The zero-order valence-corrected chi connectivity index (χ0v) is 34.1. The predicted molar refractivity (Wildman–Crippen MR) is 210 cm³/mol. The molecule has 13 heteroatoms. The number of hydrogen-bond donors (Lipinski definition) is 4. The molecule has 54 heavy (non-hydrogen) atoms. The third kappa shape index (κ3) is 26.9. The Morgan fingerprint density at radius 3 is 1.57 bits per heavy atom. The van der Waals surface area contributed by atoms with Gasteiger partial charge < -0.3 is 34.3 Å². The molecule has 1 heterocycles. The van der Waals surface area contributed by atoms with E-state index in [4.69, 9.17) is 18.9 Å². The SMILES string of the molecule is CCCCC/C=C/CCCCCCCC(=O)O[C@H](COC(=O)CCCCCCC/C=C/CCCCCCC)CO[C@H]1O[C@H](CS(=O)(=O)O)[C@@H](O)C(O)C1O. The van der Waals surface area contributed by atoms with Crippen LogP contribution in [0.25, 0.3) is 0 Å². The molecule has 0 aliphatic carbocycles. The van der Waals surface area contributed by atoms with Crippen molar-refractivity contribution in [2.75, 3.05) is 19.0 Å². The Labute approximate surface area is 326 Å². The van der Waals surface area contributed by atoms with Gasteiger partial charge in [0.05, 0.1) is 6.61 Å². The first kappa shape index (κ1) is 50.1. The largest absolute Gasteiger partial charge is 0.462 e. The first-order valence-electron chi connectivity index (χ1n) is 20.9. The second kappa shape index (κ2) is 32.2. The van der Waals surface area contributed by atoms with Gasteiger partial charge in [0.2, 0.25) is 0 Å². The van der Waals surface area contributed by atoms with Gasteiger partial charge in [-0.2, -0.15) is 8.42 Å². The van der Waals surface area contributed by atoms with Gasteiger partial charge in [-0.3, -0.25) is 14.1 Å². The van der Waals surface area contributed by atoms with Gasteiger partial charge in [0.25, 0.3) is 10.1 Å². The number of hydrogen-bond acceptors (Lipinski definition) is 11. The summed E-state index contributed by atoms with van der Waals surface area (Å²) in [5.41, 5.74) is 0. The Morgan fingerprint density at radius 2 is 1.06 bits per heavy atom. The van der Waals surface area contributed by atoms with E-state index in [2.05, 4.69) is 38.2 Å². The number of ether oxygens (including phenoxy) is 4. The number of allylic oxidation sites excluding steroid dienone is 4. The van der Waals surface area contributed by atoms with E-state index in [0.29, 0.717) is 12.8 Å². The third-order valence-electron chi connectivity index (χ3n) is 9.50. The quantitative estimate of drug-likeness (QED) is 0.0216. The number of aliphatic hydroxyl groups is 3. The van der Waals surface area contributed by atoms with Crippen molar-refractivity contribution in [2.45, 2.75) is 205 Å². The summed E-state index contributed by atoms with van der Waals surface area (Å²) >= 11 is 0. The van der Waals surface area contributed by atoms with Crippen molar-refractivity contribution in [1.82, 2.24) is 0 Å². The maximum Gasteiger partial charge on any atom is 0.306 e. The average Bonchev–Trinajstić information content (AvgIpc) is 3.13. The number of carbonyl (C=O) groups excluding carboxylic acids is 2. The van der Waals surface area contributed by atoms with Crippen LogP contribution in [0.1, 0.15) is 168 Å². The molecule has 0 aromatic carbocycles. The monoisotopic (exact) mass is 790 g/mol. The summed E-state index contributed by atoms with van der Waals surface area (Å²) in [5, 5.41) is 30.8. The van der Waals surface area contributed by atoms with Crippen molar-refractivity contribution in [3.63, 3.8) is 0 Å². The molecule has 0 spiro atoms. The molecule has 0 radical (unpaired) electrons. The van der Waals surface area contributed by atoms with Crippen molar-refractivity contribution in [3.8, 4) is 0 Å². The van der Waals surface area contributed by atoms with Gasteiger partial charge in [-0.05, 0) is 64.2 Å². The van der Waals surface area contributed by atoms with E-state index in [9.17, 15) is 37.9 Å². The Kier molecular flexibility index (Phi) is 29.9. The fourth-order valence-corrected chi connectivity index (χ4v) is 6.88. The van der Waals surface area contributed by atoms with Crippen molar-refractivity contribution >= 4 is 22.1 Å². The van der Waals surface area contributed by atoms with E-state index in [1.54, 1.807) is 0 Å². The van der Waals surface area contributed by atoms with Crippen LogP contribution in [0.3, 0.4) is 0 Å². The van der Waals surface area contributed by atoms with Crippen LogP contribution >= 0.6 is 0 Å². The van der Waals surface area contributed by atoms with Gasteiger partial charge in [0.1, 0.15) is 36.8 Å². The first-order valence-corrected chi connectivity index (χ1v) is 22.5. The number of esters is 2. The topological polar surface area (TPSA) is 186 Å². The number of unbranched alkanes of at least 4 members (excludes halogenated alkanes) is 18. The van der Waals surface area contributed by atoms with Crippen LogP contribution in [0.2, 0.25) is 0 Å². The fraction of sp³-hybridized carbons (Fsp3) is 0.854. The van der Waals surface area contributed by atoms with Crippen molar-refractivity contribution in [3.05, 3.63) is 24.3 Å². The summed E-state index contributed by atoms with van der Waals surface area (Å²) in [7, 11) is -4.60. The Morgan fingerprint density at radius 1 is 0.611 bits per heavy atom. The molecule has 0 amide bonds. The molecule has 12 nitrogen and oxygen atoms in total. The third-order valence-corrected chi connectivity index (χ3v) is 10.3. The highest BCUT2D eigenvalue weighted by atomic mass is 32.2. The lowest BCUT2D eigenvalue weighted by molar-refractivity contribution is -0.297. The summed E-state index contributed by atoms with van der Waals surface area (Å²) in [6.45, 7) is 3.69. The van der Waals surface area contributed by atoms with Crippen molar-refractivity contribution < 1.29 is 56.8 Å². The average molecular weight is 791 g/mol. The molecule has 4 N–H and O–H groups in total. The summed E-state index contributed by atoms with van der Waals surface area (Å²) in [5.74, 6) is -2.00. The summed E-state index contributed by atoms with van der Waals surface area (Å²) < 4.78 is 53.9. The van der Waals surface area contributed by atoms with Crippen molar-refractivity contribution in [2.24, 2.45) is 0 Å². The van der Waals surface area contributed by atoms with E-state index < -0.39 is 71.2 Å². The maximum atomic E-state index is 12.7. The minimum Gasteiger partial charge on any atom is -0.462 e. The van der Waals surface area contributed by atoms with E-state index in [1.165, 1.54) is 51.4 Å². The van der Waals surface area contributed by atoms with Crippen LogP contribution in [-0.2, 0) is 38.7 Å². The molecule has 1 fully saturated rings. The lowest BCUT2D eigenvalue weighted by atomic mass is 10.00. The highest BCUT2D eigenvalue weighted by Gasteiger charge is 2.46. The molecule has 1 aliphatic heterocycles. The van der Waals surface area contributed by atoms with Crippen LogP contribution in [-0.4, -0.2) is 96.0 Å². The smallest absolute Gasteiger partial charge is 0.306 e. The normalized spacial score (nSPS) is 21.2. The molecule has 316 valence electrons. The van der Waals surface area contributed by atoms with Gasteiger partial charge in [-0.25, -0.2) is 0 Å². The lowest BCUT2D eigenvalue weighted by Gasteiger charge is -2.40. The molecule has 1 aliphatic rings. The van der Waals surface area contributed by atoms with E-state index in [1.807, 2.05) is 0 Å². The molecule has 0 aromatic heterocycles. The highest BCUT2D eigenvalue weighted by molar-refractivity contribution is 7.85. The van der Waals surface area contributed by atoms with E-state index in [-0.39, 0.29) is 19.4 Å². The van der Waals surface area contributed by atoms with Gasteiger partial charge in [0, 0.05) is 12.8 Å². The Balaban J connectivity index is 2.50. The van der Waals surface area contributed by atoms with Gasteiger partial charge in [-0.1, -0.05) is 115 Å². The molecule has 1 rings (SSSR count). The maximum absolute atomic E-state index is 12.7. The summed E-state index contributed by atoms with van der Waals surface area (Å²) in [6, 6.07) is 0. The van der Waals surface area contributed by atoms with Gasteiger partial charge in [0.15, 0.2) is 12.4 Å². The van der Waals surface area contributed by atoms with Crippen LogP contribution in [0.15, 0.2) is 24.3 Å². The molecule has 1 saturated heterocycles. The number of rotatable bonds is 34. The van der Waals surface area contributed by atoms with Crippen LogP contribution < -0.4 is 0 Å². The standard InChI is InChI=1S/C41H74O12S/c1-3-5-7-9-11-13-15-17-18-20-21-23-25-27-29-36(42)50-31-34(32-51-41-40(46)39(45)38(44)35(53-41)33-54(47,48)49)52-37(43)30-28-26-24-22-19-16-14-12-10-8-6-4-2/h12,14-15,17,34-35,38-41,44-46H,3-11,13,16,18-33H2,1-2H3,(H,47,48,49)/b14-12+,17-15+/t34-,35-,38-,39?,40?,41+/m1/s1. The fourth-order valence-electron chi connectivity index (χ4n) is 6.19. The lowest BCUT2D eigenvalue weighted by Crippen LogP contribution is -2.60. The molecule has 0 saturated carbocycles. The molecular formula is C41H74O12S. The summed E-state index contributed by atoms with van der Waals surface area (Å²) in [4.78, 5) is 25.3. The minimum absolute atomic E-state index is 0.153. The van der Waals surface area contributed by atoms with Crippen LogP contribution in [0.4, 0.5) is 0 Å². The minimum atomic E-state index is -4.60. The number of aliphatic hydroxyl groups excluding tert-OH is 3. The molecule has 0 aromatic rings. The highest BCUT2D eigenvalue weighted by Crippen LogP contribution is 2.24. The molecule has 6 atom stereocenters. The first-order chi connectivity index (χ1) is 26.0. The second-order valence-electron chi connectivity index (χ2n) is 14.6. The van der Waals surface area contributed by atoms with E-state index >= 15 is 0 Å². The van der Waals surface area contributed by atoms with E-state index in [0.717, 1.165) is 77.0 Å². The zero-order valence-electron chi connectivity index (χ0n) is 33.3. The van der Waals surface area contributed by atoms with Crippen LogP contribution in [0.5, 0.6) is 0 Å². The Bertz CT molecular complexity index is 1110. The van der Waals surface area contributed by atoms with Crippen LogP contribution in [0, 0.1) is 0 Å². The summed E-state index contributed by atoms with van der Waals surface area (Å²) in [6.07, 6.45) is 23.7. The molecular weight excluding hydrogens is 717 g/mol. The molecule has 2 unspecified atom stereocenters. The zero-order chi connectivity index (χ0) is 39.9. The molecule has 0 bridgehead atoms. The number of carbonyl (C=O) groups is 2. The van der Waals surface area contributed by atoms with Gasteiger partial charge in [-0.15, -0.1) is 0 Å². The second-order valence-corrected chi connectivity index (χ2v) is 16.1.